The summed E-state index contributed by atoms with van der Waals surface area (Å²) in [5.41, 5.74) is -1.97. The first-order valence-corrected chi connectivity index (χ1v) is 5.17. The van der Waals surface area contributed by atoms with Gasteiger partial charge in [-0.3, -0.25) is 10.1 Å². The standard InChI is InChI=1S/C11H3ClFN5O2/c12-7-1-11(18(19)20)8(13)2-9(7)17-10(5-16)6(3-14)4-15/h1-2,17H. The van der Waals surface area contributed by atoms with Gasteiger partial charge < -0.3 is 5.32 Å². The van der Waals surface area contributed by atoms with Crippen LogP contribution in [0.15, 0.2) is 23.4 Å². The number of rotatable bonds is 3. The zero-order chi connectivity index (χ0) is 15.3. The van der Waals surface area contributed by atoms with Gasteiger partial charge in [0.1, 0.15) is 23.9 Å². The van der Waals surface area contributed by atoms with Crippen LogP contribution in [0.2, 0.25) is 5.02 Å². The summed E-state index contributed by atoms with van der Waals surface area (Å²) in [5.74, 6) is -1.17. The highest BCUT2D eigenvalue weighted by Crippen LogP contribution is 2.30. The molecule has 0 atom stereocenters. The second-order valence-corrected chi connectivity index (χ2v) is 3.66. The van der Waals surface area contributed by atoms with E-state index in [1.165, 1.54) is 12.1 Å². The van der Waals surface area contributed by atoms with E-state index in [1.54, 1.807) is 6.07 Å². The van der Waals surface area contributed by atoms with E-state index in [0.717, 1.165) is 6.07 Å². The normalized spacial score (nSPS) is 8.75. The highest BCUT2D eigenvalue weighted by Gasteiger charge is 2.18. The second kappa shape index (κ2) is 6.14. The summed E-state index contributed by atoms with van der Waals surface area (Å²) in [5, 5.41) is 38.6. The number of nitrogens with one attached hydrogen (secondary N) is 1. The maximum absolute atomic E-state index is 13.4. The van der Waals surface area contributed by atoms with Gasteiger partial charge in [-0.05, 0) is 0 Å². The lowest BCUT2D eigenvalue weighted by Gasteiger charge is -2.07. The number of nitriles is 3. The summed E-state index contributed by atoms with van der Waals surface area (Å²) in [6.45, 7) is 0. The lowest BCUT2D eigenvalue weighted by Crippen LogP contribution is -2.03. The molecule has 1 N–H and O–H groups in total. The van der Waals surface area contributed by atoms with E-state index in [4.69, 9.17) is 27.4 Å². The van der Waals surface area contributed by atoms with Gasteiger partial charge in [0, 0.05) is 12.1 Å². The fourth-order valence-corrected chi connectivity index (χ4v) is 1.40. The molecule has 0 fully saturated rings. The summed E-state index contributed by atoms with van der Waals surface area (Å²) in [6.07, 6.45) is 0. The molecule has 0 amide bonds. The monoisotopic (exact) mass is 291 g/mol. The van der Waals surface area contributed by atoms with E-state index < -0.39 is 27.7 Å². The minimum atomic E-state index is -1.17. The third-order valence-electron chi connectivity index (χ3n) is 2.08. The van der Waals surface area contributed by atoms with Gasteiger partial charge in [0.05, 0.1) is 15.6 Å². The maximum Gasteiger partial charge on any atom is 0.306 e. The Hall–Kier alpha value is -3.15. The molecule has 0 unspecified atom stereocenters. The molecule has 0 saturated heterocycles. The van der Waals surface area contributed by atoms with Gasteiger partial charge in [-0.15, -0.1) is 0 Å². The SMILES string of the molecule is N#CC(C#N)=C(C#N)Nc1cc(F)c([N+](=O)[O-])cc1Cl. The molecule has 0 aromatic heterocycles. The van der Waals surface area contributed by atoms with Crippen molar-refractivity contribution < 1.29 is 9.31 Å². The molecule has 9 heteroatoms. The molecular formula is C11H3ClFN5O2. The molecule has 0 aliphatic carbocycles. The van der Waals surface area contributed by atoms with Crippen molar-refractivity contribution in [2.45, 2.75) is 0 Å². The smallest absolute Gasteiger partial charge is 0.306 e. The van der Waals surface area contributed by atoms with Crippen molar-refractivity contribution in [2.75, 3.05) is 5.32 Å². The molecule has 0 saturated carbocycles. The Morgan fingerprint density at radius 2 is 1.90 bits per heavy atom. The van der Waals surface area contributed by atoms with Crippen LogP contribution in [-0.4, -0.2) is 4.92 Å². The van der Waals surface area contributed by atoms with Crippen molar-refractivity contribution in [3.05, 3.63) is 44.4 Å². The molecule has 0 aliphatic rings. The van der Waals surface area contributed by atoms with Gasteiger partial charge >= 0.3 is 5.69 Å². The molecule has 1 rings (SSSR count). The largest absolute Gasteiger partial charge is 0.344 e. The van der Waals surface area contributed by atoms with Crippen LogP contribution in [0.4, 0.5) is 15.8 Å². The number of benzene rings is 1. The number of halogens is 2. The van der Waals surface area contributed by atoms with Crippen LogP contribution in [0.5, 0.6) is 0 Å². The molecule has 0 heterocycles. The van der Waals surface area contributed by atoms with Crippen molar-refractivity contribution >= 4 is 23.0 Å². The molecule has 0 spiro atoms. The second-order valence-electron chi connectivity index (χ2n) is 3.25. The van der Waals surface area contributed by atoms with Gasteiger partial charge in [-0.2, -0.15) is 20.2 Å². The average Bonchev–Trinajstić information content (AvgIpc) is 2.41. The van der Waals surface area contributed by atoms with Gasteiger partial charge in [0.2, 0.25) is 5.82 Å². The van der Waals surface area contributed by atoms with E-state index in [2.05, 4.69) is 5.32 Å². The van der Waals surface area contributed by atoms with E-state index >= 15 is 0 Å². The molecule has 7 nitrogen and oxygen atoms in total. The Labute approximate surface area is 116 Å². The lowest BCUT2D eigenvalue weighted by atomic mass is 10.2. The van der Waals surface area contributed by atoms with Gasteiger partial charge in [0.25, 0.3) is 0 Å². The number of nitro groups is 1. The summed E-state index contributed by atoms with van der Waals surface area (Å²) < 4.78 is 13.4. The van der Waals surface area contributed by atoms with Crippen molar-refractivity contribution in [3.63, 3.8) is 0 Å². The molecule has 98 valence electrons. The highest BCUT2D eigenvalue weighted by atomic mass is 35.5. The van der Waals surface area contributed by atoms with Crippen LogP contribution in [-0.2, 0) is 0 Å². The minimum Gasteiger partial charge on any atom is -0.344 e. The minimum absolute atomic E-state index is 0.172. The van der Waals surface area contributed by atoms with Crippen LogP contribution < -0.4 is 5.32 Å². The van der Waals surface area contributed by atoms with E-state index in [9.17, 15) is 14.5 Å². The van der Waals surface area contributed by atoms with Crippen LogP contribution in [0.3, 0.4) is 0 Å². The molecule has 0 aliphatic heterocycles. The van der Waals surface area contributed by atoms with Crippen LogP contribution in [0.25, 0.3) is 0 Å². The Morgan fingerprint density at radius 3 is 2.35 bits per heavy atom. The Bertz CT molecular complexity index is 723. The van der Waals surface area contributed by atoms with Crippen LogP contribution >= 0.6 is 11.6 Å². The zero-order valence-electron chi connectivity index (χ0n) is 9.52. The van der Waals surface area contributed by atoms with E-state index in [1.807, 2.05) is 0 Å². The number of anilines is 1. The van der Waals surface area contributed by atoms with Crippen molar-refractivity contribution in [3.8, 4) is 18.2 Å². The van der Waals surface area contributed by atoms with Gasteiger partial charge in [-0.25, -0.2) is 0 Å². The predicted molar refractivity (Wildman–Crippen MR) is 65.6 cm³/mol. The predicted octanol–water partition coefficient (Wildman–Crippen LogP) is 2.62. The third kappa shape index (κ3) is 2.99. The Kier molecular flexibility index (Phi) is 4.58. The van der Waals surface area contributed by atoms with Crippen LogP contribution in [0.1, 0.15) is 0 Å². The molecule has 1 aromatic rings. The first-order valence-electron chi connectivity index (χ1n) is 4.79. The lowest BCUT2D eigenvalue weighted by molar-refractivity contribution is -0.387. The number of nitro benzene ring substituents is 1. The summed E-state index contributed by atoms with van der Waals surface area (Å²) >= 11 is 5.71. The maximum atomic E-state index is 13.4. The average molecular weight is 292 g/mol. The number of hydrogen-bond acceptors (Lipinski definition) is 6. The molecule has 0 radical (unpaired) electrons. The number of hydrogen-bond donors (Lipinski definition) is 1. The topological polar surface area (TPSA) is 127 Å². The molecular weight excluding hydrogens is 289 g/mol. The zero-order valence-corrected chi connectivity index (χ0v) is 10.3. The van der Waals surface area contributed by atoms with Crippen molar-refractivity contribution in [1.82, 2.24) is 0 Å². The van der Waals surface area contributed by atoms with E-state index in [-0.39, 0.29) is 10.7 Å². The first-order chi connectivity index (χ1) is 9.44. The van der Waals surface area contributed by atoms with Gasteiger partial charge in [0.15, 0.2) is 5.57 Å². The molecule has 0 bridgehead atoms. The fourth-order valence-electron chi connectivity index (χ4n) is 1.19. The first kappa shape index (κ1) is 14.9. The molecule has 20 heavy (non-hydrogen) atoms. The van der Waals surface area contributed by atoms with Gasteiger partial charge in [-0.1, -0.05) is 11.6 Å². The summed E-state index contributed by atoms with van der Waals surface area (Å²) in [6, 6.07) is 5.95. The summed E-state index contributed by atoms with van der Waals surface area (Å²) in [7, 11) is 0. The Morgan fingerprint density at radius 1 is 1.30 bits per heavy atom. The van der Waals surface area contributed by atoms with Crippen molar-refractivity contribution in [2.24, 2.45) is 0 Å². The molecule has 1 aromatic carbocycles. The Balaban J connectivity index is 3.32. The number of allylic oxidation sites excluding steroid dienone is 2. The quantitative estimate of drug-likeness (QED) is 0.518. The highest BCUT2D eigenvalue weighted by molar-refractivity contribution is 6.33. The third-order valence-corrected chi connectivity index (χ3v) is 2.39. The van der Waals surface area contributed by atoms with Crippen molar-refractivity contribution in [1.29, 1.82) is 15.8 Å². The number of nitrogens with zero attached hydrogens (tertiary/aromatic N) is 4. The van der Waals surface area contributed by atoms with Crippen LogP contribution in [0, 0.1) is 49.9 Å². The fraction of sp³-hybridized carbons (Fsp3) is 0. The van der Waals surface area contributed by atoms with E-state index in [0.29, 0.717) is 6.07 Å². The summed E-state index contributed by atoms with van der Waals surface area (Å²) in [4.78, 5) is 9.55.